The predicted molar refractivity (Wildman–Crippen MR) is 96.6 cm³/mol. The smallest absolute Gasteiger partial charge is 0.305 e. The highest BCUT2D eigenvalue weighted by Gasteiger charge is 2.36. The minimum Gasteiger partial charge on any atom is -0.465 e. The fourth-order valence-corrected chi connectivity index (χ4v) is 7.56. The van der Waals surface area contributed by atoms with Gasteiger partial charge in [-0.25, -0.2) is 0 Å². The van der Waals surface area contributed by atoms with Crippen LogP contribution in [0.25, 0.3) is 0 Å². The van der Waals surface area contributed by atoms with Gasteiger partial charge < -0.3 is 9.47 Å². The highest BCUT2D eigenvalue weighted by atomic mass is 32.2. The lowest BCUT2D eigenvalue weighted by molar-refractivity contribution is -0.150. The Morgan fingerprint density at radius 2 is 1.68 bits per heavy atom. The summed E-state index contributed by atoms with van der Waals surface area (Å²) in [6.45, 7) is 4.54. The van der Waals surface area contributed by atoms with Gasteiger partial charge >= 0.3 is 11.9 Å². The van der Waals surface area contributed by atoms with Gasteiger partial charge in [-0.15, -0.1) is 0 Å². The molecule has 0 amide bonds. The molecule has 6 nitrogen and oxygen atoms in total. The Bertz CT molecular complexity index is 515. The second-order valence-corrected chi connectivity index (χ2v) is 10.7. The van der Waals surface area contributed by atoms with Crippen LogP contribution in [0, 0.1) is 17.8 Å². The van der Waals surface area contributed by atoms with Crippen molar-refractivity contribution in [1.29, 1.82) is 0 Å². The molecular formula is C17H28O6S2. The van der Waals surface area contributed by atoms with E-state index in [0.717, 1.165) is 6.42 Å². The minimum atomic E-state index is -1.22. The summed E-state index contributed by atoms with van der Waals surface area (Å²) >= 11 is 0. The standard InChI is InChI=1S/C17H28O6S2/c1-3-24(20)17(12(2)14-5-7-16(19)23-11-14)25(21)9-8-13-4-6-15(18)22-10-13/h12-14,17H,3-11H2,1-2H3. The Kier molecular flexibility index (Phi) is 8.06. The second-order valence-electron chi connectivity index (χ2n) is 6.84. The van der Waals surface area contributed by atoms with E-state index in [4.69, 9.17) is 9.47 Å². The molecule has 0 radical (unpaired) electrons. The lowest BCUT2D eigenvalue weighted by Crippen LogP contribution is -2.39. The van der Waals surface area contributed by atoms with Gasteiger partial charge in [-0.05, 0) is 37.0 Å². The zero-order valence-corrected chi connectivity index (χ0v) is 16.6. The van der Waals surface area contributed by atoms with Crippen molar-refractivity contribution in [3.63, 3.8) is 0 Å². The van der Waals surface area contributed by atoms with Crippen molar-refractivity contribution in [2.75, 3.05) is 24.7 Å². The van der Waals surface area contributed by atoms with E-state index >= 15 is 0 Å². The van der Waals surface area contributed by atoms with E-state index in [9.17, 15) is 18.0 Å². The maximum Gasteiger partial charge on any atom is 0.305 e. The molecule has 0 spiro atoms. The van der Waals surface area contributed by atoms with E-state index in [0.29, 0.717) is 50.4 Å². The maximum atomic E-state index is 12.9. The largest absolute Gasteiger partial charge is 0.465 e. The number of hydrogen-bond acceptors (Lipinski definition) is 6. The first-order valence-electron chi connectivity index (χ1n) is 8.98. The van der Waals surface area contributed by atoms with Crippen LogP contribution in [0.3, 0.4) is 0 Å². The predicted octanol–water partition coefficient (Wildman–Crippen LogP) is 1.76. The van der Waals surface area contributed by atoms with Crippen LogP contribution in [0.4, 0.5) is 0 Å². The van der Waals surface area contributed by atoms with Crippen molar-refractivity contribution in [3.8, 4) is 0 Å². The number of esters is 2. The number of cyclic esters (lactones) is 2. The van der Waals surface area contributed by atoms with Crippen LogP contribution in [0.2, 0.25) is 0 Å². The van der Waals surface area contributed by atoms with Crippen molar-refractivity contribution < 1.29 is 27.5 Å². The Balaban J connectivity index is 1.93. The van der Waals surface area contributed by atoms with E-state index in [2.05, 4.69) is 0 Å². The number of ether oxygens (including phenoxy) is 2. The summed E-state index contributed by atoms with van der Waals surface area (Å²) in [5.41, 5.74) is 0. The van der Waals surface area contributed by atoms with Crippen LogP contribution in [0.15, 0.2) is 0 Å². The monoisotopic (exact) mass is 392 g/mol. The first-order chi connectivity index (χ1) is 11.9. The van der Waals surface area contributed by atoms with Gasteiger partial charge in [0.05, 0.1) is 13.2 Å². The molecule has 0 N–H and O–H groups in total. The van der Waals surface area contributed by atoms with Gasteiger partial charge in [0.25, 0.3) is 0 Å². The summed E-state index contributed by atoms with van der Waals surface area (Å²) in [4.78, 5) is 22.4. The molecule has 2 aliphatic rings. The van der Waals surface area contributed by atoms with Gasteiger partial charge in [0, 0.05) is 45.9 Å². The molecule has 0 aromatic carbocycles. The van der Waals surface area contributed by atoms with Crippen LogP contribution >= 0.6 is 0 Å². The Morgan fingerprint density at radius 1 is 1.04 bits per heavy atom. The van der Waals surface area contributed by atoms with Crippen molar-refractivity contribution in [1.82, 2.24) is 0 Å². The van der Waals surface area contributed by atoms with Crippen LogP contribution in [0.5, 0.6) is 0 Å². The average Bonchev–Trinajstić information content (AvgIpc) is 2.61. The normalized spacial score (nSPS) is 29.2. The summed E-state index contributed by atoms with van der Waals surface area (Å²) in [5, 5.41) is 0. The summed E-state index contributed by atoms with van der Waals surface area (Å²) in [7, 11) is -2.39. The zero-order valence-electron chi connectivity index (χ0n) is 14.9. The molecule has 0 bridgehead atoms. The maximum absolute atomic E-state index is 12.9. The lowest BCUT2D eigenvalue weighted by atomic mass is 9.90. The first-order valence-corrected chi connectivity index (χ1v) is 11.7. The first kappa shape index (κ1) is 20.6. The fraction of sp³-hybridized carbons (Fsp3) is 0.882. The third-order valence-electron chi connectivity index (χ3n) is 5.12. The highest BCUT2D eigenvalue weighted by Crippen LogP contribution is 2.30. The molecule has 25 heavy (non-hydrogen) atoms. The van der Waals surface area contributed by atoms with Crippen LogP contribution in [-0.2, 0) is 40.7 Å². The van der Waals surface area contributed by atoms with Gasteiger partial charge in [-0.2, -0.15) is 0 Å². The molecule has 0 aromatic heterocycles. The van der Waals surface area contributed by atoms with Crippen LogP contribution in [0.1, 0.15) is 46.0 Å². The fourth-order valence-electron chi connectivity index (χ4n) is 3.37. The quantitative estimate of drug-likeness (QED) is 0.585. The highest BCUT2D eigenvalue weighted by molar-refractivity contribution is 8.03. The lowest BCUT2D eigenvalue weighted by Gasteiger charge is -2.32. The summed E-state index contributed by atoms with van der Waals surface area (Å²) in [6, 6.07) is 0. The molecule has 6 unspecified atom stereocenters. The SMILES string of the molecule is CCS(=O)C(C(C)C1CCC(=O)OC1)S(=O)CCC1CCC(=O)OC1. The topological polar surface area (TPSA) is 86.7 Å². The molecule has 2 rings (SSSR count). The van der Waals surface area contributed by atoms with Crippen molar-refractivity contribution >= 4 is 33.5 Å². The third-order valence-corrected chi connectivity index (χ3v) is 9.51. The molecule has 0 aliphatic carbocycles. The Morgan fingerprint density at radius 3 is 2.20 bits per heavy atom. The Labute approximate surface area is 154 Å². The molecule has 2 fully saturated rings. The van der Waals surface area contributed by atoms with E-state index < -0.39 is 26.2 Å². The number of carbonyl (C=O) groups excluding carboxylic acids is 2. The summed E-state index contributed by atoms with van der Waals surface area (Å²) in [5.74, 6) is 0.899. The third kappa shape index (κ3) is 5.88. The van der Waals surface area contributed by atoms with E-state index in [1.165, 1.54) is 0 Å². The van der Waals surface area contributed by atoms with E-state index in [1.807, 2.05) is 13.8 Å². The van der Waals surface area contributed by atoms with Gasteiger partial charge in [-0.1, -0.05) is 13.8 Å². The van der Waals surface area contributed by atoms with Crippen molar-refractivity contribution in [2.24, 2.45) is 17.8 Å². The summed E-state index contributed by atoms with van der Waals surface area (Å²) in [6.07, 6.45) is 2.98. The average molecular weight is 393 g/mol. The van der Waals surface area contributed by atoms with E-state index in [-0.39, 0.29) is 29.7 Å². The number of hydrogen-bond donors (Lipinski definition) is 0. The molecule has 8 heteroatoms. The summed E-state index contributed by atoms with van der Waals surface area (Å²) < 4.78 is 35.2. The molecule has 2 heterocycles. The molecule has 144 valence electrons. The van der Waals surface area contributed by atoms with Gasteiger partial charge in [0.2, 0.25) is 0 Å². The number of carbonyl (C=O) groups is 2. The molecule has 2 aliphatic heterocycles. The molecule has 2 saturated heterocycles. The minimum absolute atomic E-state index is 0.0288. The molecule has 0 saturated carbocycles. The van der Waals surface area contributed by atoms with Crippen molar-refractivity contribution in [3.05, 3.63) is 0 Å². The Hall–Kier alpha value is -0.760. The van der Waals surface area contributed by atoms with Crippen LogP contribution < -0.4 is 0 Å². The van der Waals surface area contributed by atoms with Gasteiger partial charge in [0.15, 0.2) is 0 Å². The zero-order chi connectivity index (χ0) is 18.4. The molecule has 0 aromatic rings. The molecular weight excluding hydrogens is 364 g/mol. The van der Waals surface area contributed by atoms with Gasteiger partial charge in [0.1, 0.15) is 4.58 Å². The molecule has 6 atom stereocenters. The second kappa shape index (κ2) is 9.80. The van der Waals surface area contributed by atoms with Crippen LogP contribution in [-0.4, -0.2) is 49.7 Å². The van der Waals surface area contributed by atoms with Crippen molar-refractivity contribution in [2.45, 2.75) is 50.5 Å². The van der Waals surface area contributed by atoms with E-state index in [1.54, 1.807) is 0 Å². The van der Waals surface area contributed by atoms with Gasteiger partial charge in [-0.3, -0.25) is 18.0 Å². The number of rotatable bonds is 8.